The van der Waals surface area contributed by atoms with Crippen LogP contribution in [0, 0.1) is 19.8 Å². The van der Waals surface area contributed by atoms with E-state index in [0.29, 0.717) is 31.0 Å². The molecule has 3 aromatic rings. The Hall–Kier alpha value is -3.09. The standard InChI is InChI=1S/C23H29N5O2/c1-15-16(2)27(4)21-6-5-19(12-20(15)21)25-22(29)11-17-7-9-28(10-8-17)23(30)18-13-24-26(3)14-18/h5-6,12-14,17H,7-11H2,1-4H3,(H,25,29). The van der Waals surface area contributed by atoms with Crippen molar-refractivity contribution in [1.82, 2.24) is 19.2 Å². The number of benzene rings is 1. The first kappa shape index (κ1) is 20.2. The summed E-state index contributed by atoms with van der Waals surface area (Å²) in [6, 6.07) is 6.09. The first-order chi connectivity index (χ1) is 14.3. The molecule has 2 aromatic heterocycles. The Morgan fingerprint density at radius 2 is 1.90 bits per heavy atom. The average molecular weight is 408 g/mol. The Morgan fingerprint density at radius 1 is 1.17 bits per heavy atom. The van der Waals surface area contributed by atoms with E-state index >= 15 is 0 Å². The van der Waals surface area contributed by atoms with Crippen LogP contribution in [0.15, 0.2) is 30.6 Å². The number of nitrogens with one attached hydrogen (secondary N) is 1. The maximum atomic E-state index is 12.6. The van der Waals surface area contributed by atoms with E-state index in [0.717, 1.165) is 18.5 Å². The van der Waals surface area contributed by atoms with Crippen LogP contribution >= 0.6 is 0 Å². The van der Waals surface area contributed by atoms with Crippen molar-refractivity contribution >= 4 is 28.4 Å². The molecule has 158 valence electrons. The number of hydrogen-bond acceptors (Lipinski definition) is 3. The van der Waals surface area contributed by atoms with E-state index in [1.165, 1.54) is 22.2 Å². The normalized spacial score (nSPS) is 15.0. The molecule has 1 aliphatic heterocycles. The van der Waals surface area contributed by atoms with Gasteiger partial charge in [-0.25, -0.2) is 0 Å². The van der Waals surface area contributed by atoms with E-state index in [-0.39, 0.29) is 11.8 Å². The van der Waals surface area contributed by atoms with Crippen molar-refractivity contribution in [2.24, 2.45) is 20.0 Å². The summed E-state index contributed by atoms with van der Waals surface area (Å²) in [5, 5.41) is 8.31. The van der Waals surface area contributed by atoms with Crippen LogP contribution in [0.4, 0.5) is 5.69 Å². The highest BCUT2D eigenvalue weighted by Crippen LogP contribution is 2.28. The van der Waals surface area contributed by atoms with Crippen molar-refractivity contribution in [3.05, 3.63) is 47.4 Å². The lowest BCUT2D eigenvalue weighted by Gasteiger charge is -2.31. The number of amides is 2. The van der Waals surface area contributed by atoms with Crippen LogP contribution in [-0.2, 0) is 18.9 Å². The Morgan fingerprint density at radius 3 is 2.57 bits per heavy atom. The molecule has 0 aliphatic carbocycles. The number of rotatable bonds is 4. The molecule has 1 fully saturated rings. The van der Waals surface area contributed by atoms with Gasteiger partial charge in [-0.05, 0) is 56.4 Å². The second-order valence-electron chi connectivity index (χ2n) is 8.39. The molecule has 0 radical (unpaired) electrons. The van der Waals surface area contributed by atoms with Crippen molar-refractivity contribution in [3.8, 4) is 0 Å². The van der Waals surface area contributed by atoms with Gasteiger partial charge in [-0.15, -0.1) is 0 Å². The zero-order valence-electron chi connectivity index (χ0n) is 18.1. The molecule has 0 bridgehead atoms. The zero-order chi connectivity index (χ0) is 21.4. The second-order valence-corrected chi connectivity index (χ2v) is 8.39. The highest BCUT2D eigenvalue weighted by atomic mass is 16.2. The molecule has 0 atom stereocenters. The molecule has 1 saturated heterocycles. The van der Waals surface area contributed by atoms with Crippen molar-refractivity contribution in [1.29, 1.82) is 0 Å². The molecule has 0 unspecified atom stereocenters. The molecule has 2 amide bonds. The van der Waals surface area contributed by atoms with E-state index in [1.54, 1.807) is 24.1 Å². The average Bonchev–Trinajstić information content (AvgIpc) is 3.26. The Bertz CT molecular complexity index is 1100. The highest BCUT2D eigenvalue weighted by Gasteiger charge is 2.25. The first-order valence-electron chi connectivity index (χ1n) is 10.5. The molecule has 1 N–H and O–H groups in total. The summed E-state index contributed by atoms with van der Waals surface area (Å²) in [5.41, 5.74) is 5.12. The molecule has 30 heavy (non-hydrogen) atoms. The van der Waals surface area contributed by atoms with Crippen LogP contribution in [0.2, 0.25) is 0 Å². The third kappa shape index (κ3) is 3.84. The Balaban J connectivity index is 1.32. The van der Waals surface area contributed by atoms with E-state index < -0.39 is 0 Å². The van der Waals surface area contributed by atoms with Crippen LogP contribution in [0.1, 0.15) is 40.9 Å². The SMILES string of the molecule is Cc1c(C)n(C)c2ccc(NC(=O)CC3CCN(C(=O)c4cnn(C)c4)CC3)cc12. The van der Waals surface area contributed by atoms with Crippen LogP contribution in [0.5, 0.6) is 0 Å². The van der Waals surface area contributed by atoms with Gasteiger partial charge in [0.15, 0.2) is 0 Å². The Labute approximate surface area is 176 Å². The number of carbonyl (C=O) groups is 2. The lowest BCUT2D eigenvalue weighted by Crippen LogP contribution is -2.39. The van der Waals surface area contributed by atoms with Gasteiger partial charge in [-0.3, -0.25) is 14.3 Å². The van der Waals surface area contributed by atoms with E-state index in [4.69, 9.17) is 0 Å². The quantitative estimate of drug-likeness (QED) is 0.720. The predicted molar refractivity (Wildman–Crippen MR) is 117 cm³/mol. The molecular formula is C23H29N5O2. The van der Waals surface area contributed by atoms with Gasteiger partial charge in [0.2, 0.25) is 5.91 Å². The molecule has 0 saturated carbocycles. The number of hydrogen-bond donors (Lipinski definition) is 1. The van der Waals surface area contributed by atoms with Gasteiger partial charge >= 0.3 is 0 Å². The van der Waals surface area contributed by atoms with Gasteiger partial charge in [0.1, 0.15) is 0 Å². The molecular weight excluding hydrogens is 378 g/mol. The third-order valence-corrected chi connectivity index (χ3v) is 6.42. The van der Waals surface area contributed by atoms with Crippen molar-refractivity contribution < 1.29 is 9.59 Å². The summed E-state index contributed by atoms with van der Waals surface area (Å²) >= 11 is 0. The number of piperidine rings is 1. The number of likely N-dealkylation sites (tertiary alicyclic amines) is 1. The molecule has 3 heterocycles. The second kappa shape index (κ2) is 7.97. The maximum Gasteiger partial charge on any atom is 0.257 e. The lowest BCUT2D eigenvalue weighted by atomic mass is 9.93. The highest BCUT2D eigenvalue weighted by molar-refractivity contribution is 5.95. The largest absolute Gasteiger partial charge is 0.348 e. The van der Waals surface area contributed by atoms with Gasteiger partial charge in [0.05, 0.1) is 11.8 Å². The van der Waals surface area contributed by atoms with Gasteiger partial charge in [-0.1, -0.05) is 0 Å². The monoisotopic (exact) mass is 407 g/mol. The number of fused-ring (bicyclic) bond motifs is 1. The fourth-order valence-electron chi connectivity index (χ4n) is 4.36. The minimum atomic E-state index is 0.0211. The predicted octanol–water partition coefficient (Wildman–Crippen LogP) is 3.41. The molecule has 1 aromatic carbocycles. The van der Waals surface area contributed by atoms with Crippen molar-refractivity contribution in [3.63, 3.8) is 0 Å². The molecule has 7 nitrogen and oxygen atoms in total. The van der Waals surface area contributed by atoms with Crippen LogP contribution < -0.4 is 5.32 Å². The van der Waals surface area contributed by atoms with Crippen LogP contribution in [-0.4, -0.2) is 44.2 Å². The molecule has 4 rings (SSSR count). The van der Waals surface area contributed by atoms with Crippen molar-refractivity contribution in [2.45, 2.75) is 33.1 Å². The summed E-state index contributed by atoms with van der Waals surface area (Å²) in [6.07, 6.45) is 5.52. The van der Waals surface area contributed by atoms with Gasteiger partial charge < -0.3 is 14.8 Å². The molecule has 7 heteroatoms. The fraction of sp³-hybridized carbons (Fsp3) is 0.435. The number of carbonyl (C=O) groups excluding carboxylic acids is 2. The summed E-state index contributed by atoms with van der Waals surface area (Å²) in [4.78, 5) is 27.0. The van der Waals surface area contributed by atoms with Gasteiger partial charge in [-0.2, -0.15) is 5.10 Å². The minimum absolute atomic E-state index is 0.0211. The summed E-state index contributed by atoms with van der Waals surface area (Å²) < 4.78 is 3.82. The molecule has 0 spiro atoms. The zero-order valence-corrected chi connectivity index (χ0v) is 18.1. The number of aromatic nitrogens is 3. The molecule has 1 aliphatic rings. The van der Waals surface area contributed by atoms with Crippen molar-refractivity contribution in [2.75, 3.05) is 18.4 Å². The maximum absolute atomic E-state index is 12.6. The number of anilines is 1. The Kier molecular flexibility index (Phi) is 5.37. The van der Waals surface area contributed by atoms with Gasteiger partial charge in [0, 0.05) is 62.1 Å². The number of aryl methyl sites for hydroxylation is 3. The number of nitrogens with zero attached hydrogens (tertiary/aromatic N) is 4. The summed E-state index contributed by atoms with van der Waals surface area (Å²) in [5.74, 6) is 0.358. The van der Waals surface area contributed by atoms with E-state index in [9.17, 15) is 9.59 Å². The van der Waals surface area contributed by atoms with E-state index in [2.05, 4.69) is 48.0 Å². The smallest absolute Gasteiger partial charge is 0.257 e. The fourth-order valence-corrected chi connectivity index (χ4v) is 4.36. The van der Waals surface area contributed by atoms with E-state index in [1.807, 2.05) is 11.0 Å². The third-order valence-electron chi connectivity index (χ3n) is 6.42. The summed E-state index contributed by atoms with van der Waals surface area (Å²) in [7, 11) is 3.87. The van der Waals surface area contributed by atoms with Crippen LogP contribution in [0.3, 0.4) is 0 Å². The first-order valence-corrected chi connectivity index (χ1v) is 10.5. The minimum Gasteiger partial charge on any atom is -0.348 e. The van der Waals surface area contributed by atoms with Crippen LogP contribution in [0.25, 0.3) is 10.9 Å². The van der Waals surface area contributed by atoms with Gasteiger partial charge in [0.25, 0.3) is 5.91 Å². The lowest BCUT2D eigenvalue weighted by molar-refractivity contribution is -0.117. The topological polar surface area (TPSA) is 72.2 Å². The summed E-state index contributed by atoms with van der Waals surface area (Å²) in [6.45, 7) is 5.59.